The van der Waals surface area contributed by atoms with E-state index in [0.29, 0.717) is 22.7 Å². The highest BCUT2D eigenvalue weighted by Crippen LogP contribution is 2.25. The minimum atomic E-state index is -0.316. The number of halogens is 1. The molecule has 0 saturated heterocycles. The van der Waals surface area contributed by atoms with Crippen LogP contribution in [0, 0.1) is 5.82 Å². The van der Waals surface area contributed by atoms with Gasteiger partial charge >= 0.3 is 0 Å². The van der Waals surface area contributed by atoms with Gasteiger partial charge in [0, 0.05) is 18.5 Å². The van der Waals surface area contributed by atoms with Gasteiger partial charge < -0.3 is 0 Å². The smallest absolute Gasteiger partial charge is 0.236 e. The molecule has 0 spiro atoms. The second-order valence-corrected chi connectivity index (χ2v) is 7.80. The van der Waals surface area contributed by atoms with Crippen molar-refractivity contribution < 1.29 is 9.18 Å². The van der Waals surface area contributed by atoms with Gasteiger partial charge in [0.15, 0.2) is 11.0 Å². The van der Waals surface area contributed by atoms with Gasteiger partial charge in [-0.3, -0.25) is 14.7 Å². The summed E-state index contributed by atoms with van der Waals surface area (Å²) < 4.78 is 15.0. The first-order valence-electron chi connectivity index (χ1n) is 8.65. The summed E-state index contributed by atoms with van der Waals surface area (Å²) in [6.07, 6.45) is 3.55. The topological polar surface area (TPSA) is 85.6 Å². The molecule has 0 bridgehead atoms. The van der Waals surface area contributed by atoms with Crippen LogP contribution in [0.5, 0.6) is 0 Å². The zero-order chi connectivity index (χ0) is 19.9. The Bertz CT molecular complexity index is 953. The maximum atomic E-state index is 13.2. The molecule has 1 amide bonds. The lowest BCUT2D eigenvalue weighted by Crippen LogP contribution is -2.14. The number of rotatable bonds is 9. The summed E-state index contributed by atoms with van der Waals surface area (Å²) in [6.45, 7) is 6.29. The summed E-state index contributed by atoms with van der Waals surface area (Å²) in [4.78, 5) is 12.2. The summed E-state index contributed by atoms with van der Waals surface area (Å²) in [7, 11) is 0. The molecule has 0 fully saturated rings. The van der Waals surface area contributed by atoms with E-state index in [1.807, 2.05) is 4.57 Å². The number of carbonyl (C=O) groups is 1. The Kier molecular flexibility index (Phi) is 6.88. The highest BCUT2D eigenvalue weighted by Gasteiger charge is 2.16. The van der Waals surface area contributed by atoms with Gasteiger partial charge in [0.25, 0.3) is 0 Å². The number of nitrogens with zero attached hydrogens (tertiary/aromatic N) is 5. The molecule has 3 rings (SSSR count). The molecule has 146 valence electrons. The van der Waals surface area contributed by atoms with E-state index < -0.39 is 0 Å². The maximum Gasteiger partial charge on any atom is 0.236 e. The van der Waals surface area contributed by atoms with Crippen molar-refractivity contribution in [2.75, 3.05) is 11.1 Å². The average Bonchev–Trinajstić information content (AvgIpc) is 3.28. The molecule has 3 aromatic rings. The number of allylic oxidation sites excluding steroid dienone is 1. The standard InChI is InChI=1S/C18H19FN6OS2/c1-3-5-15-21-23-17(28-15)20-14(26)11-27-18-24-22-16(25(18)10-4-2)12-6-8-13(19)9-7-12/h4,6-9H,2-3,5,10-11H2,1H3,(H,20,23,26). The molecule has 1 N–H and O–H groups in total. The van der Waals surface area contributed by atoms with Crippen molar-refractivity contribution in [3.8, 4) is 11.4 Å². The Morgan fingerprint density at radius 1 is 1.29 bits per heavy atom. The molecule has 0 saturated carbocycles. The molecule has 2 heterocycles. The average molecular weight is 419 g/mol. The quantitative estimate of drug-likeness (QED) is 0.420. The molecule has 0 atom stereocenters. The van der Waals surface area contributed by atoms with Gasteiger partial charge in [-0.05, 0) is 30.7 Å². The second-order valence-electron chi connectivity index (χ2n) is 5.80. The molecule has 1 aromatic carbocycles. The Morgan fingerprint density at radius 2 is 2.07 bits per heavy atom. The molecule has 7 nitrogen and oxygen atoms in total. The normalized spacial score (nSPS) is 10.8. The minimum Gasteiger partial charge on any atom is -0.300 e. The second kappa shape index (κ2) is 9.56. The van der Waals surface area contributed by atoms with Crippen LogP contribution >= 0.6 is 23.1 Å². The number of benzene rings is 1. The third kappa shape index (κ3) is 5.02. The van der Waals surface area contributed by atoms with E-state index in [2.05, 4.69) is 39.2 Å². The van der Waals surface area contributed by atoms with E-state index in [1.54, 1.807) is 18.2 Å². The molecular formula is C18H19FN6OS2. The predicted octanol–water partition coefficient (Wildman–Crippen LogP) is 3.81. The van der Waals surface area contributed by atoms with Crippen LogP contribution in [0.25, 0.3) is 11.4 Å². The number of aromatic nitrogens is 5. The number of thioether (sulfide) groups is 1. The molecule has 0 aliphatic heterocycles. The van der Waals surface area contributed by atoms with Crippen LogP contribution in [-0.2, 0) is 17.8 Å². The Labute approximate surface area is 170 Å². The summed E-state index contributed by atoms with van der Waals surface area (Å²) in [5, 5.41) is 21.1. The van der Waals surface area contributed by atoms with Crippen molar-refractivity contribution in [2.45, 2.75) is 31.5 Å². The van der Waals surface area contributed by atoms with Crippen LogP contribution < -0.4 is 5.32 Å². The lowest BCUT2D eigenvalue weighted by molar-refractivity contribution is -0.113. The number of hydrogen-bond acceptors (Lipinski definition) is 7. The lowest BCUT2D eigenvalue weighted by Gasteiger charge is -2.07. The van der Waals surface area contributed by atoms with Crippen LogP contribution in [0.4, 0.5) is 9.52 Å². The lowest BCUT2D eigenvalue weighted by atomic mass is 10.2. The number of anilines is 1. The first kappa shape index (κ1) is 20.2. The van der Waals surface area contributed by atoms with Gasteiger partial charge in [-0.15, -0.1) is 27.0 Å². The van der Waals surface area contributed by atoms with Crippen molar-refractivity contribution in [2.24, 2.45) is 0 Å². The number of nitrogens with one attached hydrogen (secondary N) is 1. The molecule has 0 aliphatic carbocycles. The fraction of sp³-hybridized carbons (Fsp3) is 0.278. The SMILES string of the molecule is C=CCn1c(SCC(=O)Nc2nnc(CCC)s2)nnc1-c1ccc(F)cc1. The number of amides is 1. The number of carbonyl (C=O) groups excluding carboxylic acids is 1. The van der Waals surface area contributed by atoms with Gasteiger partial charge in [-0.1, -0.05) is 36.1 Å². The monoisotopic (exact) mass is 418 g/mol. The largest absolute Gasteiger partial charge is 0.300 e. The van der Waals surface area contributed by atoms with Crippen molar-refractivity contribution >= 4 is 34.1 Å². The summed E-state index contributed by atoms with van der Waals surface area (Å²) in [5.41, 5.74) is 0.740. The van der Waals surface area contributed by atoms with Crippen molar-refractivity contribution in [3.63, 3.8) is 0 Å². The van der Waals surface area contributed by atoms with Crippen molar-refractivity contribution in [1.29, 1.82) is 0 Å². The van der Waals surface area contributed by atoms with Gasteiger partial charge in [0.2, 0.25) is 11.0 Å². The van der Waals surface area contributed by atoms with E-state index >= 15 is 0 Å². The first-order valence-corrected chi connectivity index (χ1v) is 10.5. The van der Waals surface area contributed by atoms with Gasteiger partial charge in [0.05, 0.1) is 5.75 Å². The van der Waals surface area contributed by atoms with Crippen molar-refractivity contribution in [3.05, 3.63) is 47.7 Å². The Balaban J connectivity index is 1.67. The first-order chi connectivity index (χ1) is 13.6. The van der Waals surface area contributed by atoms with Gasteiger partial charge in [0.1, 0.15) is 10.8 Å². The molecule has 0 aliphatic rings. The predicted molar refractivity (Wildman–Crippen MR) is 109 cm³/mol. The van der Waals surface area contributed by atoms with Gasteiger partial charge in [-0.25, -0.2) is 4.39 Å². The van der Waals surface area contributed by atoms with Crippen LogP contribution in [0.1, 0.15) is 18.4 Å². The van der Waals surface area contributed by atoms with Crippen molar-refractivity contribution in [1.82, 2.24) is 25.0 Å². The molecule has 28 heavy (non-hydrogen) atoms. The minimum absolute atomic E-state index is 0.154. The Morgan fingerprint density at radius 3 is 2.79 bits per heavy atom. The van der Waals surface area contributed by atoms with E-state index in [4.69, 9.17) is 0 Å². The summed E-state index contributed by atoms with van der Waals surface area (Å²) in [6, 6.07) is 6.03. The summed E-state index contributed by atoms with van der Waals surface area (Å²) >= 11 is 2.64. The number of aryl methyl sites for hydroxylation is 1. The molecule has 0 radical (unpaired) electrons. The third-order valence-electron chi connectivity index (χ3n) is 3.64. The third-order valence-corrected chi connectivity index (χ3v) is 5.51. The van der Waals surface area contributed by atoms with Gasteiger partial charge in [-0.2, -0.15) is 0 Å². The van der Waals surface area contributed by atoms with E-state index in [0.717, 1.165) is 23.4 Å². The molecule has 2 aromatic heterocycles. The van der Waals surface area contributed by atoms with E-state index in [-0.39, 0.29) is 17.5 Å². The van der Waals surface area contributed by atoms with E-state index in [1.165, 1.54) is 35.2 Å². The fourth-order valence-electron chi connectivity index (χ4n) is 2.41. The Hall–Kier alpha value is -2.59. The van der Waals surface area contributed by atoms with Crippen LogP contribution in [0.2, 0.25) is 0 Å². The van der Waals surface area contributed by atoms with Crippen LogP contribution in [0.15, 0.2) is 42.1 Å². The van der Waals surface area contributed by atoms with Crippen LogP contribution in [-0.4, -0.2) is 36.6 Å². The fourth-order valence-corrected chi connectivity index (χ4v) is 4.01. The zero-order valence-corrected chi connectivity index (χ0v) is 16.9. The summed E-state index contributed by atoms with van der Waals surface area (Å²) in [5.74, 6) is 0.238. The van der Waals surface area contributed by atoms with E-state index in [9.17, 15) is 9.18 Å². The molecule has 0 unspecified atom stereocenters. The maximum absolute atomic E-state index is 13.2. The van der Waals surface area contributed by atoms with Crippen LogP contribution in [0.3, 0.4) is 0 Å². The zero-order valence-electron chi connectivity index (χ0n) is 15.3. The highest BCUT2D eigenvalue weighted by molar-refractivity contribution is 7.99. The molecular weight excluding hydrogens is 399 g/mol. The molecule has 10 heteroatoms. The number of hydrogen-bond donors (Lipinski definition) is 1. The highest BCUT2D eigenvalue weighted by atomic mass is 32.2.